The van der Waals surface area contributed by atoms with Crippen LogP contribution in [0.3, 0.4) is 0 Å². The highest BCUT2D eigenvalue weighted by atomic mass is 32.2. The normalized spacial score (nSPS) is 18.5. The molecule has 1 aliphatic rings. The second kappa shape index (κ2) is 7.66. The van der Waals surface area contributed by atoms with Gasteiger partial charge in [0.05, 0.1) is 4.90 Å². The Morgan fingerprint density at radius 1 is 1.21 bits per heavy atom. The predicted molar refractivity (Wildman–Crippen MR) is 95.4 cm³/mol. The minimum absolute atomic E-state index is 0.0290. The molecule has 1 atom stereocenters. The molecule has 2 rings (SSSR count). The number of hydrogen-bond donors (Lipinski definition) is 1. The van der Waals surface area contributed by atoms with Gasteiger partial charge in [0, 0.05) is 24.7 Å². The third kappa shape index (κ3) is 4.36. The van der Waals surface area contributed by atoms with Crippen molar-refractivity contribution >= 4 is 15.9 Å². The monoisotopic (exact) mass is 352 g/mol. The number of sulfonamides is 1. The van der Waals surface area contributed by atoms with Gasteiger partial charge in [-0.2, -0.15) is 4.31 Å². The van der Waals surface area contributed by atoms with Gasteiger partial charge < -0.3 is 5.32 Å². The maximum atomic E-state index is 12.8. The van der Waals surface area contributed by atoms with Crippen molar-refractivity contribution in [3.05, 3.63) is 29.8 Å². The average molecular weight is 353 g/mol. The largest absolute Gasteiger partial charge is 0.349 e. The van der Waals surface area contributed by atoms with Crippen LogP contribution in [0.4, 0.5) is 0 Å². The summed E-state index contributed by atoms with van der Waals surface area (Å²) in [7, 11) is -3.53. The van der Waals surface area contributed by atoms with Crippen molar-refractivity contribution < 1.29 is 13.2 Å². The van der Waals surface area contributed by atoms with E-state index in [1.165, 1.54) is 10.4 Å². The van der Waals surface area contributed by atoms with Gasteiger partial charge in [0.2, 0.25) is 10.0 Å². The number of carbonyl (C=O) groups excluding carboxylic acids is 1. The zero-order chi connectivity index (χ0) is 17.9. The van der Waals surface area contributed by atoms with Crippen LogP contribution in [0.2, 0.25) is 0 Å². The lowest BCUT2D eigenvalue weighted by Gasteiger charge is -2.29. The molecule has 1 fully saturated rings. The summed E-state index contributed by atoms with van der Waals surface area (Å²) >= 11 is 0. The summed E-state index contributed by atoms with van der Waals surface area (Å²) in [5.74, 6) is 0.641. The summed E-state index contributed by atoms with van der Waals surface area (Å²) in [6.07, 6.45) is 1.76. The maximum Gasteiger partial charge on any atom is 0.251 e. The number of amides is 1. The van der Waals surface area contributed by atoms with E-state index in [0.717, 1.165) is 12.8 Å². The molecule has 1 aromatic rings. The summed E-state index contributed by atoms with van der Waals surface area (Å²) < 4.78 is 27.1. The van der Waals surface area contributed by atoms with E-state index in [9.17, 15) is 13.2 Å². The Labute approximate surface area is 145 Å². The number of benzene rings is 1. The first-order chi connectivity index (χ1) is 11.2. The van der Waals surface area contributed by atoms with E-state index < -0.39 is 10.0 Å². The number of rotatable bonds is 5. The fourth-order valence-corrected chi connectivity index (χ4v) is 4.15. The van der Waals surface area contributed by atoms with Crippen LogP contribution in [0.25, 0.3) is 0 Å². The van der Waals surface area contributed by atoms with Crippen LogP contribution in [-0.4, -0.2) is 37.8 Å². The van der Waals surface area contributed by atoms with Crippen molar-refractivity contribution in [2.75, 3.05) is 13.1 Å². The van der Waals surface area contributed by atoms with E-state index in [4.69, 9.17) is 0 Å². The lowest BCUT2D eigenvalue weighted by Crippen LogP contribution is -2.38. The molecule has 0 unspecified atom stereocenters. The van der Waals surface area contributed by atoms with Gasteiger partial charge >= 0.3 is 0 Å². The summed E-state index contributed by atoms with van der Waals surface area (Å²) in [6.45, 7) is 9.24. The lowest BCUT2D eigenvalue weighted by molar-refractivity contribution is 0.0930. The molecule has 1 N–H and O–H groups in total. The standard InChI is InChI=1S/C18H28N2O3S/c1-13(2)15(4)19-18(21)16-6-5-7-17(12-16)24(22,23)20-10-8-14(3)9-11-20/h5-7,12-15H,8-11H2,1-4H3,(H,19,21)/t15-/m0/s1. The van der Waals surface area contributed by atoms with Crippen LogP contribution < -0.4 is 5.32 Å². The molecular formula is C18H28N2O3S. The van der Waals surface area contributed by atoms with Gasteiger partial charge in [-0.15, -0.1) is 0 Å². The number of hydrogen-bond acceptors (Lipinski definition) is 3. The fourth-order valence-electron chi connectivity index (χ4n) is 2.63. The second-order valence-corrected chi connectivity index (χ2v) is 9.06. The molecule has 0 radical (unpaired) electrons. The van der Waals surface area contributed by atoms with E-state index in [2.05, 4.69) is 12.2 Å². The van der Waals surface area contributed by atoms with E-state index in [-0.39, 0.29) is 16.8 Å². The van der Waals surface area contributed by atoms with Gasteiger partial charge in [-0.3, -0.25) is 4.79 Å². The quantitative estimate of drug-likeness (QED) is 0.886. The number of piperidine rings is 1. The van der Waals surface area contributed by atoms with Crippen LogP contribution in [0.15, 0.2) is 29.2 Å². The number of nitrogens with one attached hydrogen (secondary N) is 1. The summed E-state index contributed by atoms with van der Waals surface area (Å²) in [5, 5.41) is 2.91. The van der Waals surface area contributed by atoms with Crippen molar-refractivity contribution in [2.24, 2.45) is 11.8 Å². The van der Waals surface area contributed by atoms with Crippen LogP contribution >= 0.6 is 0 Å². The second-order valence-electron chi connectivity index (χ2n) is 7.12. The van der Waals surface area contributed by atoms with Crippen LogP contribution in [-0.2, 0) is 10.0 Å². The minimum atomic E-state index is -3.53. The van der Waals surface area contributed by atoms with Crippen LogP contribution in [0.5, 0.6) is 0 Å². The van der Waals surface area contributed by atoms with E-state index in [0.29, 0.717) is 30.5 Å². The van der Waals surface area contributed by atoms with E-state index >= 15 is 0 Å². The van der Waals surface area contributed by atoms with Crippen LogP contribution in [0, 0.1) is 11.8 Å². The van der Waals surface area contributed by atoms with Gasteiger partial charge in [-0.05, 0) is 49.8 Å². The molecule has 0 aliphatic carbocycles. The number of nitrogens with zero attached hydrogens (tertiary/aromatic N) is 1. The molecular weight excluding hydrogens is 324 g/mol. The van der Waals surface area contributed by atoms with Crippen molar-refractivity contribution in [1.29, 1.82) is 0 Å². The van der Waals surface area contributed by atoms with E-state index in [1.807, 2.05) is 20.8 Å². The summed E-state index contributed by atoms with van der Waals surface area (Å²) in [5.41, 5.74) is 0.383. The molecule has 0 aromatic heterocycles. The smallest absolute Gasteiger partial charge is 0.251 e. The highest BCUT2D eigenvalue weighted by Crippen LogP contribution is 2.24. The van der Waals surface area contributed by atoms with Crippen molar-refractivity contribution in [3.8, 4) is 0 Å². The minimum Gasteiger partial charge on any atom is -0.349 e. The van der Waals surface area contributed by atoms with Crippen molar-refractivity contribution in [1.82, 2.24) is 9.62 Å². The topological polar surface area (TPSA) is 66.5 Å². The van der Waals surface area contributed by atoms with Gasteiger partial charge in [-0.25, -0.2) is 8.42 Å². The Bertz CT molecular complexity index is 677. The summed E-state index contributed by atoms with van der Waals surface area (Å²) in [4.78, 5) is 12.5. The first-order valence-corrected chi connectivity index (χ1v) is 10.1. The zero-order valence-corrected chi connectivity index (χ0v) is 15.8. The fraction of sp³-hybridized carbons (Fsp3) is 0.611. The molecule has 1 heterocycles. The van der Waals surface area contributed by atoms with Crippen molar-refractivity contribution in [3.63, 3.8) is 0 Å². The molecule has 0 spiro atoms. The Kier molecular flexibility index (Phi) is 6.04. The highest BCUT2D eigenvalue weighted by Gasteiger charge is 2.28. The van der Waals surface area contributed by atoms with E-state index in [1.54, 1.807) is 18.2 Å². The molecule has 1 amide bonds. The van der Waals surface area contributed by atoms with Gasteiger partial charge in [0.25, 0.3) is 5.91 Å². The SMILES string of the molecule is CC1CCN(S(=O)(=O)c2cccc(C(=O)N[C@@H](C)C(C)C)c2)CC1. The number of carbonyl (C=O) groups is 1. The first-order valence-electron chi connectivity index (χ1n) is 8.63. The average Bonchev–Trinajstić information content (AvgIpc) is 2.55. The molecule has 5 nitrogen and oxygen atoms in total. The van der Waals surface area contributed by atoms with Gasteiger partial charge in [-0.1, -0.05) is 26.8 Å². The first kappa shape index (κ1) is 18.9. The summed E-state index contributed by atoms with van der Waals surface area (Å²) in [6, 6.07) is 6.36. The molecule has 0 saturated carbocycles. The third-order valence-electron chi connectivity index (χ3n) is 4.84. The lowest BCUT2D eigenvalue weighted by atomic mass is 10.0. The molecule has 134 valence electrons. The Morgan fingerprint density at radius 3 is 2.42 bits per heavy atom. The molecule has 1 aromatic carbocycles. The Hall–Kier alpha value is -1.40. The molecule has 0 bridgehead atoms. The van der Waals surface area contributed by atoms with Crippen molar-refractivity contribution in [2.45, 2.75) is 51.5 Å². The molecule has 1 saturated heterocycles. The maximum absolute atomic E-state index is 12.8. The molecule has 6 heteroatoms. The third-order valence-corrected chi connectivity index (χ3v) is 6.73. The molecule has 24 heavy (non-hydrogen) atoms. The Morgan fingerprint density at radius 2 is 1.83 bits per heavy atom. The van der Waals surface area contributed by atoms with Gasteiger partial charge in [0.15, 0.2) is 0 Å². The van der Waals surface area contributed by atoms with Gasteiger partial charge in [0.1, 0.15) is 0 Å². The molecule has 1 aliphatic heterocycles. The highest BCUT2D eigenvalue weighted by molar-refractivity contribution is 7.89. The predicted octanol–water partition coefficient (Wildman–Crippen LogP) is 2.88. The van der Waals surface area contributed by atoms with Crippen LogP contribution in [0.1, 0.15) is 50.9 Å². The zero-order valence-electron chi connectivity index (χ0n) is 15.0. The Balaban J connectivity index is 2.19.